The predicted octanol–water partition coefficient (Wildman–Crippen LogP) is 2.80. The second-order valence-corrected chi connectivity index (χ2v) is 3.93. The predicted molar refractivity (Wildman–Crippen MR) is 67.9 cm³/mol. The van der Waals surface area contributed by atoms with Crippen LogP contribution >= 0.6 is 0 Å². The van der Waals surface area contributed by atoms with Crippen molar-refractivity contribution >= 4 is 5.91 Å². The van der Waals surface area contributed by atoms with Crippen LogP contribution in [0.4, 0.5) is 0 Å². The molecule has 1 unspecified atom stereocenters. The molecular formula is C14H19NO2. The van der Waals surface area contributed by atoms with Crippen molar-refractivity contribution in [3.8, 4) is 0 Å². The lowest BCUT2D eigenvalue weighted by atomic mass is 10.0. The summed E-state index contributed by atoms with van der Waals surface area (Å²) in [6, 6.07) is 7.86. The van der Waals surface area contributed by atoms with Crippen molar-refractivity contribution in [3.05, 3.63) is 47.5 Å². The Morgan fingerprint density at radius 1 is 1.35 bits per heavy atom. The molecule has 0 aromatic heterocycles. The van der Waals surface area contributed by atoms with Crippen LogP contribution in [-0.4, -0.2) is 11.1 Å². The smallest absolute Gasteiger partial charge is 0.250 e. The zero-order valence-electron chi connectivity index (χ0n) is 10.3. The van der Waals surface area contributed by atoms with Crippen LogP contribution in [0.5, 0.6) is 0 Å². The van der Waals surface area contributed by atoms with Crippen molar-refractivity contribution in [1.82, 2.24) is 5.48 Å². The summed E-state index contributed by atoms with van der Waals surface area (Å²) < 4.78 is 0. The summed E-state index contributed by atoms with van der Waals surface area (Å²) in [5, 5.41) is 8.52. The Morgan fingerprint density at radius 2 is 2.00 bits per heavy atom. The molecular weight excluding hydrogens is 214 g/mol. The minimum Gasteiger partial charge on any atom is -0.289 e. The van der Waals surface area contributed by atoms with E-state index < -0.39 is 0 Å². The van der Waals surface area contributed by atoms with Gasteiger partial charge in [0.25, 0.3) is 5.91 Å². The molecule has 3 nitrogen and oxygen atoms in total. The van der Waals surface area contributed by atoms with Crippen molar-refractivity contribution < 1.29 is 10.0 Å². The zero-order chi connectivity index (χ0) is 12.7. The molecule has 1 amide bonds. The van der Waals surface area contributed by atoms with Gasteiger partial charge in [-0.25, -0.2) is 5.48 Å². The summed E-state index contributed by atoms with van der Waals surface area (Å²) in [6.07, 6.45) is 5.72. The van der Waals surface area contributed by atoms with Crippen LogP contribution in [0.2, 0.25) is 0 Å². The molecule has 2 rings (SSSR count). The van der Waals surface area contributed by atoms with Gasteiger partial charge in [0.15, 0.2) is 0 Å². The van der Waals surface area contributed by atoms with Gasteiger partial charge in [0.05, 0.1) is 5.92 Å². The molecule has 17 heavy (non-hydrogen) atoms. The first-order chi connectivity index (χ1) is 8.24. The third kappa shape index (κ3) is 3.43. The molecule has 1 aliphatic carbocycles. The summed E-state index contributed by atoms with van der Waals surface area (Å²) in [4.78, 5) is 11.2. The molecule has 0 spiro atoms. The number of hydroxylamine groups is 1. The van der Waals surface area contributed by atoms with Crippen molar-refractivity contribution in [2.45, 2.75) is 32.6 Å². The average molecular weight is 233 g/mol. The van der Waals surface area contributed by atoms with Crippen LogP contribution in [0, 0.1) is 0 Å². The summed E-state index contributed by atoms with van der Waals surface area (Å²) >= 11 is 0. The van der Waals surface area contributed by atoms with E-state index in [1.807, 2.05) is 50.3 Å². The summed E-state index contributed by atoms with van der Waals surface area (Å²) in [5.41, 5.74) is 3.98. The van der Waals surface area contributed by atoms with E-state index >= 15 is 0 Å². The highest BCUT2D eigenvalue weighted by molar-refractivity contribution is 5.83. The molecule has 0 saturated carbocycles. The Hall–Kier alpha value is -1.61. The van der Waals surface area contributed by atoms with Gasteiger partial charge in [-0.1, -0.05) is 36.4 Å². The van der Waals surface area contributed by atoms with Crippen LogP contribution in [-0.2, 0) is 11.2 Å². The molecule has 0 saturated heterocycles. The van der Waals surface area contributed by atoms with Crippen LogP contribution in [0.1, 0.15) is 37.3 Å². The van der Waals surface area contributed by atoms with Gasteiger partial charge in [0.2, 0.25) is 0 Å². The lowest BCUT2D eigenvalue weighted by molar-refractivity contribution is -0.130. The minimum absolute atomic E-state index is 0.166. The Morgan fingerprint density at radius 3 is 2.59 bits per heavy atom. The molecule has 0 heterocycles. The maximum atomic E-state index is 11.2. The van der Waals surface area contributed by atoms with Crippen molar-refractivity contribution in [1.29, 1.82) is 0 Å². The van der Waals surface area contributed by atoms with E-state index in [2.05, 4.69) is 0 Å². The largest absolute Gasteiger partial charge is 0.289 e. The number of hydrogen-bond donors (Lipinski definition) is 2. The maximum absolute atomic E-state index is 11.2. The van der Waals surface area contributed by atoms with Crippen molar-refractivity contribution in [2.24, 2.45) is 0 Å². The van der Waals surface area contributed by atoms with Crippen molar-refractivity contribution in [2.75, 3.05) is 0 Å². The Balaban J connectivity index is 0.000000317. The molecule has 1 atom stereocenters. The SMILES string of the molecule is C/C=C\C.O=C(NO)C1CCc2ccccc21. The molecule has 1 aromatic carbocycles. The summed E-state index contributed by atoms with van der Waals surface area (Å²) in [7, 11) is 0. The Bertz CT molecular complexity index is 395. The van der Waals surface area contributed by atoms with Gasteiger partial charge >= 0.3 is 0 Å². The third-order valence-corrected chi connectivity index (χ3v) is 2.89. The summed E-state index contributed by atoms with van der Waals surface area (Å²) in [5.74, 6) is -0.467. The Kier molecular flexibility index (Phi) is 5.43. The van der Waals surface area contributed by atoms with Gasteiger partial charge < -0.3 is 0 Å². The number of fused-ring (bicyclic) bond motifs is 1. The highest BCUT2D eigenvalue weighted by atomic mass is 16.5. The normalized spacial score (nSPS) is 17.2. The van der Waals surface area contributed by atoms with Gasteiger partial charge in [0.1, 0.15) is 0 Å². The second kappa shape index (κ2) is 6.86. The molecule has 2 N–H and O–H groups in total. The van der Waals surface area contributed by atoms with E-state index in [9.17, 15) is 4.79 Å². The zero-order valence-corrected chi connectivity index (χ0v) is 10.3. The topological polar surface area (TPSA) is 49.3 Å². The fourth-order valence-electron chi connectivity index (χ4n) is 1.91. The number of amides is 1. The van der Waals surface area contributed by atoms with E-state index in [0.717, 1.165) is 18.4 Å². The number of allylic oxidation sites excluding steroid dienone is 2. The Labute approximate surface area is 102 Å². The minimum atomic E-state index is -0.301. The first-order valence-electron chi connectivity index (χ1n) is 5.83. The number of hydrogen-bond acceptors (Lipinski definition) is 2. The van der Waals surface area contributed by atoms with E-state index in [0.29, 0.717) is 0 Å². The molecule has 1 aliphatic rings. The van der Waals surface area contributed by atoms with Crippen LogP contribution in [0.3, 0.4) is 0 Å². The molecule has 92 valence electrons. The quantitative estimate of drug-likeness (QED) is 0.445. The lowest BCUT2D eigenvalue weighted by Gasteiger charge is -2.07. The number of carbonyl (C=O) groups excluding carboxylic acids is 1. The average Bonchev–Trinajstić information content (AvgIpc) is 2.82. The number of aryl methyl sites for hydroxylation is 1. The van der Waals surface area contributed by atoms with Crippen LogP contribution < -0.4 is 5.48 Å². The molecule has 0 fully saturated rings. The first-order valence-corrected chi connectivity index (χ1v) is 5.83. The molecule has 0 aliphatic heterocycles. The number of nitrogens with one attached hydrogen (secondary N) is 1. The highest BCUT2D eigenvalue weighted by Gasteiger charge is 2.27. The fraction of sp³-hybridized carbons (Fsp3) is 0.357. The van der Waals surface area contributed by atoms with Gasteiger partial charge in [0, 0.05) is 0 Å². The molecule has 0 radical (unpaired) electrons. The van der Waals surface area contributed by atoms with Gasteiger partial charge in [-0.2, -0.15) is 0 Å². The number of benzene rings is 1. The second-order valence-electron chi connectivity index (χ2n) is 3.93. The van der Waals surface area contributed by atoms with E-state index in [4.69, 9.17) is 5.21 Å². The molecule has 0 bridgehead atoms. The van der Waals surface area contributed by atoms with Crippen molar-refractivity contribution in [3.63, 3.8) is 0 Å². The number of rotatable bonds is 1. The monoisotopic (exact) mass is 233 g/mol. The van der Waals surface area contributed by atoms with E-state index in [1.54, 1.807) is 5.48 Å². The summed E-state index contributed by atoms with van der Waals surface area (Å²) in [6.45, 7) is 4.00. The maximum Gasteiger partial charge on any atom is 0.250 e. The highest BCUT2D eigenvalue weighted by Crippen LogP contribution is 2.32. The van der Waals surface area contributed by atoms with Gasteiger partial charge in [-0.15, -0.1) is 0 Å². The molecule has 1 aromatic rings. The fourth-order valence-corrected chi connectivity index (χ4v) is 1.91. The third-order valence-electron chi connectivity index (χ3n) is 2.89. The van der Waals surface area contributed by atoms with E-state index in [-0.39, 0.29) is 11.8 Å². The van der Waals surface area contributed by atoms with Crippen LogP contribution in [0.15, 0.2) is 36.4 Å². The first kappa shape index (κ1) is 13.5. The van der Waals surface area contributed by atoms with Gasteiger partial charge in [-0.05, 0) is 37.8 Å². The number of carbonyl (C=O) groups is 1. The molecule has 3 heteroatoms. The van der Waals surface area contributed by atoms with Crippen LogP contribution in [0.25, 0.3) is 0 Å². The van der Waals surface area contributed by atoms with E-state index in [1.165, 1.54) is 5.56 Å². The lowest BCUT2D eigenvalue weighted by Crippen LogP contribution is -2.24. The standard InChI is InChI=1S/C10H11NO2.C4H8/c12-10(11-13)9-6-5-7-3-1-2-4-8(7)9;1-3-4-2/h1-4,9,13H,5-6H2,(H,11,12);3-4H,1-2H3/b;4-3-. The van der Waals surface area contributed by atoms with Gasteiger partial charge in [-0.3, -0.25) is 10.0 Å².